The molecule has 0 radical (unpaired) electrons. The molecule has 1 atom stereocenters. The molecule has 1 saturated heterocycles. The van der Waals surface area contributed by atoms with Crippen molar-refractivity contribution in [2.75, 3.05) is 31.1 Å². The van der Waals surface area contributed by atoms with Crippen LogP contribution < -0.4 is 5.73 Å². The van der Waals surface area contributed by atoms with E-state index in [1.807, 2.05) is 6.92 Å². The van der Waals surface area contributed by atoms with Gasteiger partial charge >= 0.3 is 0 Å². The van der Waals surface area contributed by atoms with Crippen LogP contribution >= 0.6 is 0 Å². The average Bonchev–Trinajstić information content (AvgIpc) is 1.94. The lowest BCUT2D eigenvalue weighted by Crippen LogP contribution is -2.48. The lowest BCUT2D eigenvalue weighted by atomic mass is 10.3. The van der Waals surface area contributed by atoms with E-state index in [0.29, 0.717) is 13.1 Å². The molecular weight excluding hydrogens is 176 g/mol. The summed E-state index contributed by atoms with van der Waals surface area (Å²) in [6.07, 6.45) is 0. The van der Waals surface area contributed by atoms with Crippen molar-refractivity contribution in [1.29, 1.82) is 0 Å². The number of hydrogen-bond acceptors (Lipinski definition) is 4. The molecule has 0 bridgehead atoms. The molecule has 72 valence electrons. The number of sulfone groups is 1. The lowest BCUT2D eigenvalue weighted by Gasteiger charge is -2.32. The highest BCUT2D eigenvalue weighted by molar-refractivity contribution is 7.91. The van der Waals surface area contributed by atoms with Gasteiger partial charge in [0.2, 0.25) is 0 Å². The van der Waals surface area contributed by atoms with Crippen LogP contribution in [0.3, 0.4) is 0 Å². The number of nitrogens with zero attached hydrogens (tertiary/aromatic N) is 1. The molecule has 0 aromatic heterocycles. The van der Waals surface area contributed by atoms with Gasteiger partial charge in [-0.05, 0) is 6.92 Å². The third-order valence-corrected chi connectivity index (χ3v) is 4.02. The smallest absolute Gasteiger partial charge is 0.153 e. The topological polar surface area (TPSA) is 63.4 Å². The molecule has 1 rings (SSSR count). The Morgan fingerprint density at radius 1 is 1.58 bits per heavy atom. The second-order valence-electron chi connectivity index (χ2n) is 3.29. The zero-order valence-corrected chi connectivity index (χ0v) is 8.18. The molecule has 1 aliphatic heterocycles. The zero-order chi connectivity index (χ0) is 9.19. The second-order valence-corrected chi connectivity index (χ2v) is 5.52. The van der Waals surface area contributed by atoms with Crippen molar-refractivity contribution in [2.24, 2.45) is 5.73 Å². The Bertz CT molecular complexity index is 238. The van der Waals surface area contributed by atoms with E-state index in [2.05, 4.69) is 4.90 Å². The summed E-state index contributed by atoms with van der Waals surface area (Å²) in [4.78, 5) is 2.13. The van der Waals surface area contributed by atoms with Gasteiger partial charge in [0.25, 0.3) is 0 Å². The van der Waals surface area contributed by atoms with Crippen molar-refractivity contribution in [2.45, 2.75) is 13.0 Å². The molecule has 2 N–H and O–H groups in total. The summed E-state index contributed by atoms with van der Waals surface area (Å²) < 4.78 is 22.3. The molecule has 12 heavy (non-hydrogen) atoms. The van der Waals surface area contributed by atoms with Crippen LogP contribution in [-0.2, 0) is 9.84 Å². The highest BCUT2D eigenvalue weighted by atomic mass is 32.2. The Labute approximate surface area is 73.6 Å². The predicted octanol–water partition coefficient (Wildman–Crippen LogP) is -0.936. The van der Waals surface area contributed by atoms with E-state index in [0.717, 1.165) is 6.54 Å². The quantitative estimate of drug-likeness (QED) is 0.613. The second kappa shape index (κ2) is 3.72. The van der Waals surface area contributed by atoms with Crippen molar-refractivity contribution in [3.63, 3.8) is 0 Å². The summed E-state index contributed by atoms with van der Waals surface area (Å²) in [7, 11) is -2.77. The zero-order valence-electron chi connectivity index (χ0n) is 7.36. The molecule has 0 aromatic carbocycles. The fraction of sp³-hybridized carbons (Fsp3) is 1.00. The van der Waals surface area contributed by atoms with Gasteiger partial charge in [0, 0.05) is 25.7 Å². The summed E-state index contributed by atoms with van der Waals surface area (Å²) in [6.45, 7) is 3.98. The highest BCUT2D eigenvalue weighted by Gasteiger charge is 2.26. The van der Waals surface area contributed by atoms with Crippen LogP contribution in [0, 0.1) is 0 Å². The van der Waals surface area contributed by atoms with Crippen LogP contribution in [0.4, 0.5) is 0 Å². The lowest BCUT2D eigenvalue weighted by molar-refractivity contribution is 0.233. The van der Waals surface area contributed by atoms with Crippen LogP contribution in [-0.4, -0.2) is 50.5 Å². The number of hydrogen-bond donors (Lipinski definition) is 1. The Hall–Kier alpha value is -0.130. The summed E-state index contributed by atoms with van der Waals surface area (Å²) in [6, 6.07) is 0.132. The Kier molecular flexibility index (Phi) is 3.09. The first-order valence-corrected chi connectivity index (χ1v) is 6.02. The van der Waals surface area contributed by atoms with Crippen molar-refractivity contribution in [3.8, 4) is 0 Å². The number of rotatable bonds is 2. The van der Waals surface area contributed by atoms with E-state index in [1.54, 1.807) is 0 Å². The maximum Gasteiger partial charge on any atom is 0.153 e. The minimum absolute atomic E-state index is 0.132. The fourth-order valence-electron chi connectivity index (χ4n) is 1.53. The monoisotopic (exact) mass is 192 g/mol. The minimum atomic E-state index is -2.77. The first-order valence-electron chi connectivity index (χ1n) is 4.20. The maximum atomic E-state index is 11.2. The standard InChI is InChI=1S/C7H16N2O2S/c1-7-6-12(10,11)5-4-9(7)3-2-8/h7H,2-6,8H2,1H3. The first-order chi connectivity index (χ1) is 5.55. The summed E-state index contributed by atoms with van der Waals surface area (Å²) in [5, 5.41) is 0. The van der Waals surface area contributed by atoms with Crippen LogP contribution in [0.2, 0.25) is 0 Å². The third kappa shape index (κ3) is 2.43. The first kappa shape index (κ1) is 9.95. The van der Waals surface area contributed by atoms with Gasteiger partial charge < -0.3 is 5.73 Å². The predicted molar refractivity (Wildman–Crippen MR) is 48.7 cm³/mol. The van der Waals surface area contributed by atoms with Crippen LogP contribution in [0.1, 0.15) is 6.92 Å². The van der Waals surface area contributed by atoms with Crippen molar-refractivity contribution in [1.82, 2.24) is 4.90 Å². The molecule has 0 amide bonds. The van der Waals surface area contributed by atoms with Gasteiger partial charge in [-0.25, -0.2) is 8.42 Å². The highest BCUT2D eigenvalue weighted by Crippen LogP contribution is 2.09. The fourth-order valence-corrected chi connectivity index (χ4v) is 3.16. The molecule has 1 aliphatic rings. The maximum absolute atomic E-state index is 11.2. The number of nitrogens with two attached hydrogens (primary N) is 1. The van der Waals surface area contributed by atoms with E-state index < -0.39 is 9.84 Å². The summed E-state index contributed by atoms with van der Waals surface area (Å²) in [5.74, 6) is 0.574. The van der Waals surface area contributed by atoms with Crippen LogP contribution in [0.15, 0.2) is 0 Å². The SMILES string of the molecule is CC1CS(=O)(=O)CCN1CCN. The van der Waals surface area contributed by atoms with E-state index in [1.165, 1.54) is 0 Å². The van der Waals surface area contributed by atoms with Crippen molar-refractivity contribution < 1.29 is 8.42 Å². The Balaban J connectivity index is 2.54. The molecule has 4 nitrogen and oxygen atoms in total. The molecule has 1 heterocycles. The largest absolute Gasteiger partial charge is 0.329 e. The minimum Gasteiger partial charge on any atom is -0.329 e. The Morgan fingerprint density at radius 3 is 2.75 bits per heavy atom. The van der Waals surface area contributed by atoms with Crippen molar-refractivity contribution in [3.05, 3.63) is 0 Å². The van der Waals surface area contributed by atoms with Gasteiger partial charge in [-0.2, -0.15) is 0 Å². The average molecular weight is 192 g/mol. The summed E-state index contributed by atoms with van der Waals surface area (Å²) >= 11 is 0. The van der Waals surface area contributed by atoms with Gasteiger partial charge in [-0.15, -0.1) is 0 Å². The van der Waals surface area contributed by atoms with E-state index in [-0.39, 0.29) is 17.5 Å². The summed E-state index contributed by atoms with van der Waals surface area (Å²) in [5.41, 5.74) is 5.40. The normalized spacial score (nSPS) is 30.3. The van der Waals surface area contributed by atoms with Gasteiger partial charge in [0.05, 0.1) is 11.5 Å². The molecule has 0 aliphatic carbocycles. The van der Waals surface area contributed by atoms with Gasteiger partial charge in [-0.1, -0.05) is 0 Å². The Morgan fingerprint density at radius 2 is 2.25 bits per heavy atom. The van der Waals surface area contributed by atoms with E-state index in [9.17, 15) is 8.42 Å². The molecule has 1 fully saturated rings. The molecule has 5 heteroatoms. The third-order valence-electron chi connectivity index (χ3n) is 2.22. The molecule has 1 unspecified atom stereocenters. The molecule has 0 spiro atoms. The van der Waals surface area contributed by atoms with Crippen LogP contribution in [0.25, 0.3) is 0 Å². The molecule has 0 aromatic rings. The van der Waals surface area contributed by atoms with Crippen molar-refractivity contribution >= 4 is 9.84 Å². The molecular formula is C7H16N2O2S. The molecule has 0 saturated carbocycles. The van der Waals surface area contributed by atoms with Gasteiger partial charge in [0.1, 0.15) is 0 Å². The van der Waals surface area contributed by atoms with E-state index >= 15 is 0 Å². The van der Waals surface area contributed by atoms with Gasteiger partial charge in [-0.3, -0.25) is 4.90 Å². The van der Waals surface area contributed by atoms with Crippen LogP contribution in [0.5, 0.6) is 0 Å². The van der Waals surface area contributed by atoms with E-state index in [4.69, 9.17) is 5.73 Å². The van der Waals surface area contributed by atoms with Gasteiger partial charge in [0.15, 0.2) is 9.84 Å².